The lowest BCUT2D eigenvalue weighted by Crippen LogP contribution is -2.29. The quantitative estimate of drug-likeness (QED) is 0.295. The molecule has 0 bridgehead atoms. The third-order valence-corrected chi connectivity index (χ3v) is 5.56. The summed E-state index contributed by atoms with van der Waals surface area (Å²) in [5.41, 5.74) is 3.57. The van der Waals surface area contributed by atoms with Crippen LogP contribution in [0.4, 0.5) is 0 Å². The Morgan fingerprint density at radius 2 is 1.64 bits per heavy atom. The maximum absolute atomic E-state index is 10.4. The Labute approximate surface area is 143 Å². The molecule has 2 heterocycles. The predicted molar refractivity (Wildman–Crippen MR) is 95.3 cm³/mol. The van der Waals surface area contributed by atoms with Crippen LogP contribution < -0.4 is 0 Å². The SMILES string of the molecule is O[C@H]1[C@H]2O[C@H]2c2c(ccc3nc4ccc5ccccc5c4cc23)[C@@H]1O. The van der Waals surface area contributed by atoms with E-state index in [2.05, 4.69) is 24.3 Å². The van der Waals surface area contributed by atoms with Crippen LogP contribution in [0.1, 0.15) is 23.3 Å². The summed E-state index contributed by atoms with van der Waals surface area (Å²) in [6.07, 6.45) is -2.22. The van der Waals surface area contributed by atoms with Gasteiger partial charge in [0.05, 0.1) is 11.0 Å². The van der Waals surface area contributed by atoms with Crippen molar-refractivity contribution in [1.29, 1.82) is 0 Å². The Morgan fingerprint density at radius 1 is 0.840 bits per heavy atom. The first-order chi connectivity index (χ1) is 12.2. The summed E-state index contributed by atoms with van der Waals surface area (Å²) in [6.45, 7) is 0. The molecule has 0 amide bonds. The lowest BCUT2D eigenvalue weighted by atomic mass is 9.85. The molecule has 2 N–H and O–H groups in total. The summed E-state index contributed by atoms with van der Waals surface area (Å²) >= 11 is 0. The zero-order valence-electron chi connectivity index (χ0n) is 13.3. The van der Waals surface area contributed by atoms with E-state index in [4.69, 9.17) is 9.72 Å². The van der Waals surface area contributed by atoms with Gasteiger partial charge in [0, 0.05) is 10.8 Å². The highest BCUT2D eigenvalue weighted by Crippen LogP contribution is 2.53. The number of fused-ring (bicyclic) bond motifs is 8. The van der Waals surface area contributed by atoms with Crippen molar-refractivity contribution in [3.63, 3.8) is 0 Å². The second kappa shape index (κ2) is 4.55. The van der Waals surface area contributed by atoms with Crippen LogP contribution in [0.2, 0.25) is 0 Å². The van der Waals surface area contributed by atoms with E-state index in [-0.39, 0.29) is 12.2 Å². The van der Waals surface area contributed by atoms with Crippen LogP contribution in [-0.2, 0) is 4.74 Å². The molecule has 6 rings (SSSR count). The molecule has 0 spiro atoms. The zero-order valence-corrected chi connectivity index (χ0v) is 13.3. The van der Waals surface area contributed by atoms with E-state index < -0.39 is 12.2 Å². The molecule has 1 saturated heterocycles. The molecule has 4 atom stereocenters. The first-order valence-corrected chi connectivity index (χ1v) is 8.49. The number of benzene rings is 3. The third-order valence-electron chi connectivity index (χ3n) is 5.56. The molecule has 4 nitrogen and oxygen atoms in total. The van der Waals surface area contributed by atoms with Gasteiger partial charge in [-0.2, -0.15) is 0 Å². The summed E-state index contributed by atoms with van der Waals surface area (Å²) in [5, 5.41) is 25.0. The second-order valence-corrected chi connectivity index (χ2v) is 6.93. The smallest absolute Gasteiger partial charge is 0.118 e. The summed E-state index contributed by atoms with van der Waals surface area (Å²) in [7, 11) is 0. The van der Waals surface area contributed by atoms with Crippen molar-refractivity contribution >= 4 is 32.6 Å². The number of hydrogen-bond acceptors (Lipinski definition) is 4. The van der Waals surface area contributed by atoms with Crippen molar-refractivity contribution in [1.82, 2.24) is 4.98 Å². The summed E-state index contributed by atoms with van der Waals surface area (Å²) in [4.78, 5) is 4.83. The molecule has 1 aliphatic carbocycles. The molecule has 4 aromatic rings. The van der Waals surface area contributed by atoms with Crippen molar-refractivity contribution in [2.75, 3.05) is 0 Å². The predicted octanol–water partition coefficient (Wildman–Crippen LogP) is 3.39. The van der Waals surface area contributed by atoms with Crippen molar-refractivity contribution in [2.45, 2.75) is 24.4 Å². The van der Waals surface area contributed by atoms with E-state index in [0.717, 1.165) is 38.3 Å². The number of hydrogen-bond donors (Lipinski definition) is 2. The molecule has 25 heavy (non-hydrogen) atoms. The van der Waals surface area contributed by atoms with Crippen molar-refractivity contribution in [3.8, 4) is 0 Å². The Kier molecular flexibility index (Phi) is 2.50. The van der Waals surface area contributed by atoms with Crippen LogP contribution in [0.3, 0.4) is 0 Å². The average Bonchev–Trinajstić information content (AvgIpc) is 3.44. The van der Waals surface area contributed by atoms with Gasteiger partial charge in [0.25, 0.3) is 0 Å². The van der Waals surface area contributed by atoms with Gasteiger partial charge >= 0.3 is 0 Å². The maximum atomic E-state index is 10.4. The number of aliphatic hydroxyl groups excluding tert-OH is 2. The minimum Gasteiger partial charge on any atom is -0.387 e. The lowest BCUT2D eigenvalue weighted by Gasteiger charge is -2.24. The average molecular weight is 329 g/mol. The van der Waals surface area contributed by atoms with E-state index in [1.807, 2.05) is 30.3 Å². The number of rotatable bonds is 0. The normalized spacial score (nSPS) is 27.4. The summed E-state index contributed by atoms with van der Waals surface area (Å²) in [6, 6.07) is 18.3. The minimum atomic E-state index is -0.911. The standard InChI is InChI=1S/C21H15NO3/c23-18-12-6-8-16-14(17(12)20-21(25-20)19(18)24)9-13-11-4-2-1-3-10(11)5-7-15(13)22-16/h1-9,18-21,23-24H/t18-,19+,20-,21+/m0/s1. The number of aliphatic hydroxyl groups is 2. The first kappa shape index (κ1) is 13.7. The van der Waals surface area contributed by atoms with Crippen molar-refractivity contribution < 1.29 is 14.9 Å². The molecule has 122 valence electrons. The molecule has 0 saturated carbocycles. The highest BCUT2D eigenvalue weighted by atomic mass is 16.6. The topological polar surface area (TPSA) is 65.9 Å². The molecule has 1 aromatic heterocycles. The highest BCUT2D eigenvalue weighted by Gasteiger charge is 2.54. The van der Waals surface area contributed by atoms with E-state index in [1.165, 1.54) is 5.39 Å². The van der Waals surface area contributed by atoms with Crippen LogP contribution in [0, 0.1) is 0 Å². The van der Waals surface area contributed by atoms with Crippen molar-refractivity contribution in [2.24, 2.45) is 0 Å². The maximum Gasteiger partial charge on any atom is 0.118 e. The number of epoxide rings is 1. The fourth-order valence-corrected chi connectivity index (χ4v) is 4.25. The lowest BCUT2D eigenvalue weighted by molar-refractivity contribution is 0.000104. The van der Waals surface area contributed by atoms with Gasteiger partial charge in [0.2, 0.25) is 0 Å². The van der Waals surface area contributed by atoms with Crippen LogP contribution in [0.15, 0.2) is 54.6 Å². The van der Waals surface area contributed by atoms with E-state index in [1.54, 1.807) is 0 Å². The van der Waals surface area contributed by atoms with Gasteiger partial charge in [-0.15, -0.1) is 0 Å². The fourth-order valence-electron chi connectivity index (χ4n) is 4.25. The molecule has 4 heteroatoms. The number of aromatic nitrogens is 1. The molecule has 2 aliphatic rings. The van der Waals surface area contributed by atoms with Gasteiger partial charge in [-0.3, -0.25) is 0 Å². The van der Waals surface area contributed by atoms with Gasteiger partial charge < -0.3 is 14.9 Å². The van der Waals surface area contributed by atoms with Gasteiger partial charge in [-0.1, -0.05) is 36.4 Å². The largest absolute Gasteiger partial charge is 0.387 e. The molecule has 0 unspecified atom stereocenters. The molecule has 1 aliphatic heterocycles. The number of ether oxygens (including phenoxy) is 1. The Balaban J connectivity index is 1.75. The summed E-state index contributed by atoms with van der Waals surface area (Å²) < 4.78 is 5.66. The Hall–Kier alpha value is -2.53. The summed E-state index contributed by atoms with van der Waals surface area (Å²) in [5.74, 6) is 0. The van der Waals surface area contributed by atoms with Gasteiger partial charge in [0.1, 0.15) is 24.4 Å². The Morgan fingerprint density at radius 3 is 2.56 bits per heavy atom. The van der Waals surface area contributed by atoms with Gasteiger partial charge in [-0.25, -0.2) is 4.98 Å². The third kappa shape index (κ3) is 1.74. The van der Waals surface area contributed by atoms with Crippen LogP contribution in [-0.4, -0.2) is 27.4 Å². The highest BCUT2D eigenvalue weighted by molar-refractivity contribution is 6.10. The molecular formula is C21H15NO3. The van der Waals surface area contributed by atoms with E-state index in [0.29, 0.717) is 0 Å². The van der Waals surface area contributed by atoms with E-state index in [9.17, 15) is 10.2 Å². The van der Waals surface area contributed by atoms with E-state index >= 15 is 0 Å². The van der Waals surface area contributed by atoms with Gasteiger partial charge in [-0.05, 0) is 40.1 Å². The number of nitrogens with zero attached hydrogens (tertiary/aromatic N) is 1. The zero-order chi connectivity index (χ0) is 16.7. The molecule has 3 aromatic carbocycles. The first-order valence-electron chi connectivity index (χ1n) is 8.49. The molecule has 1 fully saturated rings. The number of pyridine rings is 1. The molecule has 0 radical (unpaired) electrons. The van der Waals surface area contributed by atoms with Crippen LogP contribution in [0.5, 0.6) is 0 Å². The van der Waals surface area contributed by atoms with Crippen LogP contribution in [0.25, 0.3) is 32.6 Å². The van der Waals surface area contributed by atoms with Gasteiger partial charge in [0.15, 0.2) is 0 Å². The molecular weight excluding hydrogens is 314 g/mol. The van der Waals surface area contributed by atoms with Crippen molar-refractivity contribution in [3.05, 3.63) is 65.7 Å². The monoisotopic (exact) mass is 329 g/mol. The minimum absolute atomic E-state index is 0.147. The fraction of sp³-hybridized carbons (Fsp3) is 0.190. The van der Waals surface area contributed by atoms with Crippen LogP contribution >= 0.6 is 0 Å². The second-order valence-electron chi connectivity index (χ2n) is 6.93. The Bertz CT molecular complexity index is 1190.